The lowest BCUT2D eigenvalue weighted by molar-refractivity contribution is -0.384. The summed E-state index contributed by atoms with van der Waals surface area (Å²) in [6.07, 6.45) is 1.91. The van der Waals surface area contributed by atoms with Gasteiger partial charge in [0.1, 0.15) is 0 Å². The maximum absolute atomic E-state index is 10.7. The van der Waals surface area contributed by atoms with Gasteiger partial charge in [-0.3, -0.25) is 14.5 Å². The molecule has 142 valence electrons. The third-order valence-corrected chi connectivity index (χ3v) is 3.71. The lowest BCUT2D eigenvalue weighted by Crippen LogP contribution is -2.37. The van der Waals surface area contributed by atoms with Gasteiger partial charge in [-0.2, -0.15) is 0 Å². The maximum Gasteiger partial charge on any atom is 0.269 e. The third-order valence-electron chi connectivity index (χ3n) is 3.71. The number of nitro groups is 1. The number of benzene rings is 1. The summed E-state index contributed by atoms with van der Waals surface area (Å²) in [5, 5.41) is 25.4. The van der Waals surface area contributed by atoms with Crippen molar-refractivity contribution in [3.05, 3.63) is 70.2 Å². The first-order valence-corrected chi connectivity index (χ1v) is 8.21. The van der Waals surface area contributed by atoms with Gasteiger partial charge in [0.15, 0.2) is 17.4 Å². The molecule has 0 saturated carbocycles. The highest BCUT2D eigenvalue weighted by molar-refractivity contribution is 14.0. The molecule has 27 heavy (non-hydrogen) atoms. The number of aromatic nitrogens is 3. The molecule has 0 aliphatic heterocycles. The molecule has 2 heterocycles. The number of nitro benzene ring substituents is 1. The molecule has 0 saturated heterocycles. The Labute approximate surface area is 173 Å². The average molecular weight is 481 g/mol. The number of aliphatic imine (C=N–C) groups is 1. The highest BCUT2D eigenvalue weighted by Crippen LogP contribution is 2.12. The molecule has 3 rings (SSSR count). The first-order chi connectivity index (χ1) is 12.7. The quantitative estimate of drug-likeness (QED) is 0.184. The fourth-order valence-electron chi connectivity index (χ4n) is 2.41. The van der Waals surface area contributed by atoms with Gasteiger partial charge in [-0.1, -0.05) is 18.2 Å². The number of non-ortho nitro benzene ring substituents is 1. The van der Waals surface area contributed by atoms with Gasteiger partial charge in [-0.05, 0) is 24.6 Å². The van der Waals surface area contributed by atoms with Crippen LogP contribution in [-0.4, -0.2) is 32.0 Å². The number of rotatable bonds is 6. The van der Waals surface area contributed by atoms with E-state index in [1.54, 1.807) is 12.1 Å². The number of fused-ring (bicyclic) bond motifs is 1. The van der Waals surface area contributed by atoms with E-state index >= 15 is 0 Å². The first kappa shape index (κ1) is 20.6. The number of hydrogen-bond donors (Lipinski definition) is 2. The van der Waals surface area contributed by atoms with Gasteiger partial charge >= 0.3 is 0 Å². The van der Waals surface area contributed by atoms with Crippen molar-refractivity contribution in [1.82, 2.24) is 25.2 Å². The topological polar surface area (TPSA) is 110 Å². The largest absolute Gasteiger partial charge is 0.357 e. The summed E-state index contributed by atoms with van der Waals surface area (Å²) in [5.41, 5.74) is 1.75. The second kappa shape index (κ2) is 9.80. The van der Waals surface area contributed by atoms with Gasteiger partial charge in [-0.15, -0.1) is 34.2 Å². The minimum Gasteiger partial charge on any atom is -0.357 e. The van der Waals surface area contributed by atoms with Crippen LogP contribution >= 0.6 is 24.0 Å². The second-order valence-electron chi connectivity index (χ2n) is 5.52. The number of nitrogens with zero attached hydrogens (tertiary/aromatic N) is 5. The van der Waals surface area contributed by atoms with Crippen molar-refractivity contribution in [1.29, 1.82) is 0 Å². The van der Waals surface area contributed by atoms with Crippen LogP contribution in [0, 0.1) is 10.1 Å². The van der Waals surface area contributed by atoms with Crippen molar-refractivity contribution >= 4 is 41.3 Å². The van der Waals surface area contributed by atoms with Crippen LogP contribution in [0.5, 0.6) is 0 Å². The molecule has 0 aliphatic rings. The zero-order chi connectivity index (χ0) is 18.4. The Hall–Kier alpha value is -2.76. The molecule has 0 aliphatic carbocycles. The second-order valence-corrected chi connectivity index (χ2v) is 5.52. The van der Waals surface area contributed by atoms with E-state index in [0.29, 0.717) is 25.6 Å². The maximum atomic E-state index is 10.7. The predicted molar refractivity (Wildman–Crippen MR) is 113 cm³/mol. The van der Waals surface area contributed by atoms with Crippen LogP contribution < -0.4 is 10.6 Å². The molecule has 0 unspecified atom stereocenters. The highest BCUT2D eigenvalue weighted by Gasteiger charge is 2.06. The summed E-state index contributed by atoms with van der Waals surface area (Å²) in [6.45, 7) is 3.58. The highest BCUT2D eigenvalue weighted by atomic mass is 127. The Morgan fingerprint density at radius 2 is 1.96 bits per heavy atom. The third kappa shape index (κ3) is 5.36. The Morgan fingerprint density at radius 1 is 1.19 bits per heavy atom. The summed E-state index contributed by atoms with van der Waals surface area (Å²) in [7, 11) is 0. The predicted octanol–water partition coefficient (Wildman–Crippen LogP) is 2.51. The fraction of sp³-hybridized carbons (Fsp3) is 0.235. The van der Waals surface area contributed by atoms with E-state index in [-0.39, 0.29) is 29.7 Å². The minimum atomic E-state index is -0.415. The van der Waals surface area contributed by atoms with E-state index in [1.807, 2.05) is 35.7 Å². The summed E-state index contributed by atoms with van der Waals surface area (Å²) >= 11 is 0. The van der Waals surface area contributed by atoms with Gasteiger partial charge in [0.05, 0.1) is 18.0 Å². The summed E-state index contributed by atoms with van der Waals surface area (Å²) in [4.78, 5) is 14.8. The molecule has 10 heteroatoms. The van der Waals surface area contributed by atoms with Crippen LogP contribution in [-0.2, 0) is 13.1 Å². The van der Waals surface area contributed by atoms with Crippen molar-refractivity contribution in [2.45, 2.75) is 20.0 Å². The molecule has 0 bridgehead atoms. The summed E-state index contributed by atoms with van der Waals surface area (Å²) < 4.78 is 1.91. The van der Waals surface area contributed by atoms with Gasteiger partial charge in [0.2, 0.25) is 0 Å². The molecular formula is C17H20IN7O2. The first-order valence-electron chi connectivity index (χ1n) is 8.21. The van der Waals surface area contributed by atoms with E-state index in [4.69, 9.17) is 0 Å². The average Bonchev–Trinajstić information content (AvgIpc) is 3.07. The number of halogens is 1. The van der Waals surface area contributed by atoms with E-state index in [2.05, 4.69) is 25.8 Å². The number of guanidine groups is 1. The number of hydrogen-bond acceptors (Lipinski definition) is 5. The Bertz CT molecular complexity index is 924. The SMILES string of the molecule is CCNC(=NCc1ccc([N+](=O)[O-])cc1)NCc1nnc2ccccn12.I. The Balaban J connectivity index is 0.00000261. The Kier molecular flexibility index (Phi) is 7.46. The van der Waals surface area contributed by atoms with Crippen LogP contribution in [0.1, 0.15) is 18.3 Å². The van der Waals surface area contributed by atoms with Crippen molar-refractivity contribution in [3.63, 3.8) is 0 Å². The van der Waals surface area contributed by atoms with Crippen LogP contribution in [0.15, 0.2) is 53.7 Å². The molecule has 0 fully saturated rings. The zero-order valence-electron chi connectivity index (χ0n) is 14.7. The normalized spacial score (nSPS) is 11.1. The van der Waals surface area contributed by atoms with E-state index in [1.165, 1.54) is 12.1 Å². The minimum absolute atomic E-state index is 0. The summed E-state index contributed by atoms with van der Waals surface area (Å²) in [5.74, 6) is 1.42. The van der Waals surface area contributed by atoms with Gasteiger partial charge in [-0.25, -0.2) is 4.99 Å². The lowest BCUT2D eigenvalue weighted by atomic mass is 10.2. The zero-order valence-corrected chi connectivity index (χ0v) is 17.0. The molecule has 0 spiro atoms. The van der Waals surface area contributed by atoms with Crippen LogP contribution in [0.2, 0.25) is 0 Å². The molecule has 0 amide bonds. The molecule has 1 aromatic carbocycles. The summed E-state index contributed by atoms with van der Waals surface area (Å²) in [6, 6.07) is 12.1. The fourth-order valence-corrected chi connectivity index (χ4v) is 2.41. The molecule has 2 N–H and O–H groups in total. The Morgan fingerprint density at radius 3 is 2.67 bits per heavy atom. The van der Waals surface area contributed by atoms with Crippen LogP contribution in [0.25, 0.3) is 5.65 Å². The van der Waals surface area contributed by atoms with Crippen molar-refractivity contribution in [2.75, 3.05) is 6.54 Å². The molecule has 2 aromatic heterocycles. The molecule has 3 aromatic rings. The molecule has 0 atom stereocenters. The van der Waals surface area contributed by atoms with Crippen molar-refractivity contribution in [2.24, 2.45) is 4.99 Å². The molecular weight excluding hydrogens is 461 g/mol. The van der Waals surface area contributed by atoms with E-state index in [9.17, 15) is 10.1 Å². The molecule has 0 radical (unpaired) electrons. The van der Waals surface area contributed by atoms with E-state index in [0.717, 1.165) is 17.0 Å². The number of pyridine rings is 1. The van der Waals surface area contributed by atoms with Crippen LogP contribution in [0.3, 0.4) is 0 Å². The lowest BCUT2D eigenvalue weighted by Gasteiger charge is -2.10. The van der Waals surface area contributed by atoms with Crippen molar-refractivity contribution in [3.8, 4) is 0 Å². The van der Waals surface area contributed by atoms with Gasteiger partial charge in [0, 0.05) is 24.9 Å². The van der Waals surface area contributed by atoms with E-state index < -0.39 is 4.92 Å². The van der Waals surface area contributed by atoms with Gasteiger partial charge in [0.25, 0.3) is 5.69 Å². The van der Waals surface area contributed by atoms with Gasteiger partial charge < -0.3 is 10.6 Å². The number of nitrogens with one attached hydrogen (secondary N) is 2. The standard InChI is InChI=1S/C17H19N7O2.HI/c1-2-18-17(19-11-13-6-8-14(9-7-13)24(25)26)20-12-16-22-21-15-5-3-4-10-23(15)16;/h3-10H,2,11-12H2,1H3,(H2,18,19,20);1H. The molecule has 9 nitrogen and oxygen atoms in total. The monoisotopic (exact) mass is 481 g/mol. The van der Waals surface area contributed by atoms with Crippen molar-refractivity contribution < 1.29 is 4.92 Å². The smallest absolute Gasteiger partial charge is 0.269 e. The van der Waals surface area contributed by atoms with Crippen LogP contribution in [0.4, 0.5) is 5.69 Å².